The molecule has 0 spiro atoms. The molecule has 0 saturated heterocycles. The number of aromatic carboxylic acids is 1. The Kier molecular flexibility index (Phi) is 3.89. The van der Waals surface area contributed by atoms with Crippen molar-refractivity contribution < 1.29 is 19.4 Å². The molecular weight excluding hydrogens is 296 g/mol. The third-order valence-corrected chi connectivity index (χ3v) is 3.50. The SMILES string of the molecule is COc1ccc(OCc2nc(C(=O)O)c3cc(C)ccn23)cc1. The van der Waals surface area contributed by atoms with Gasteiger partial charge in [-0.1, -0.05) is 0 Å². The van der Waals surface area contributed by atoms with Crippen molar-refractivity contribution in [3.63, 3.8) is 0 Å². The van der Waals surface area contributed by atoms with E-state index in [1.54, 1.807) is 48.0 Å². The molecule has 118 valence electrons. The zero-order valence-corrected chi connectivity index (χ0v) is 12.8. The topological polar surface area (TPSA) is 73.1 Å². The zero-order chi connectivity index (χ0) is 16.4. The smallest absolute Gasteiger partial charge is 0.356 e. The van der Waals surface area contributed by atoms with E-state index in [0.29, 0.717) is 17.1 Å². The van der Waals surface area contributed by atoms with Crippen LogP contribution in [0, 0.1) is 6.92 Å². The van der Waals surface area contributed by atoms with E-state index in [4.69, 9.17) is 9.47 Å². The number of fused-ring (bicyclic) bond motifs is 1. The summed E-state index contributed by atoms with van der Waals surface area (Å²) in [6, 6.07) is 10.9. The number of carboxylic acids is 1. The van der Waals surface area contributed by atoms with Crippen LogP contribution in [0.5, 0.6) is 11.5 Å². The van der Waals surface area contributed by atoms with Gasteiger partial charge in [-0.15, -0.1) is 0 Å². The summed E-state index contributed by atoms with van der Waals surface area (Å²) in [4.78, 5) is 15.5. The van der Waals surface area contributed by atoms with Gasteiger partial charge in [0.1, 0.15) is 18.1 Å². The lowest BCUT2D eigenvalue weighted by molar-refractivity contribution is 0.0693. The van der Waals surface area contributed by atoms with E-state index in [0.717, 1.165) is 11.3 Å². The Morgan fingerprint density at radius 2 is 1.91 bits per heavy atom. The molecule has 23 heavy (non-hydrogen) atoms. The fourth-order valence-electron chi connectivity index (χ4n) is 2.33. The molecule has 3 rings (SSSR count). The molecule has 2 aromatic heterocycles. The van der Waals surface area contributed by atoms with Crippen LogP contribution < -0.4 is 9.47 Å². The molecule has 0 amide bonds. The number of methoxy groups -OCH3 is 1. The Morgan fingerprint density at radius 3 is 2.57 bits per heavy atom. The van der Waals surface area contributed by atoms with Gasteiger partial charge >= 0.3 is 5.97 Å². The van der Waals surface area contributed by atoms with Gasteiger partial charge in [-0.05, 0) is 48.9 Å². The van der Waals surface area contributed by atoms with E-state index in [9.17, 15) is 9.90 Å². The number of carboxylic acid groups (broad SMARTS) is 1. The summed E-state index contributed by atoms with van der Waals surface area (Å²) in [5.74, 6) is 0.885. The first-order valence-corrected chi connectivity index (χ1v) is 7.06. The molecular formula is C17H16N2O4. The molecule has 0 saturated carbocycles. The Bertz CT molecular complexity index is 853. The molecule has 0 bridgehead atoms. The summed E-state index contributed by atoms with van der Waals surface area (Å²) in [6.07, 6.45) is 1.80. The minimum absolute atomic E-state index is 0.0297. The van der Waals surface area contributed by atoms with Crippen LogP contribution in [0.25, 0.3) is 5.52 Å². The highest BCUT2D eigenvalue weighted by atomic mass is 16.5. The fraction of sp³-hybridized carbons (Fsp3) is 0.176. The largest absolute Gasteiger partial charge is 0.497 e. The Hall–Kier alpha value is -3.02. The molecule has 0 atom stereocenters. The van der Waals surface area contributed by atoms with Gasteiger partial charge in [0.15, 0.2) is 11.5 Å². The predicted molar refractivity (Wildman–Crippen MR) is 84.2 cm³/mol. The van der Waals surface area contributed by atoms with Gasteiger partial charge in [0.25, 0.3) is 0 Å². The van der Waals surface area contributed by atoms with E-state index in [2.05, 4.69) is 4.98 Å². The number of imidazole rings is 1. The second-order valence-electron chi connectivity index (χ2n) is 5.11. The Balaban J connectivity index is 1.88. The van der Waals surface area contributed by atoms with Crippen molar-refractivity contribution in [2.24, 2.45) is 0 Å². The lowest BCUT2D eigenvalue weighted by atomic mass is 10.2. The summed E-state index contributed by atoms with van der Waals surface area (Å²) in [7, 11) is 1.60. The average molecular weight is 312 g/mol. The number of pyridine rings is 1. The maximum atomic E-state index is 11.4. The number of hydrogen-bond donors (Lipinski definition) is 1. The van der Waals surface area contributed by atoms with Crippen molar-refractivity contribution >= 4 is 11.5 Å². The van der Waals surface area contributed by atoms with E-state index in [1.165, 1.54) is 0 Å². The van der Waals surface area contributed by atoms with Crippen molar-refractivity contribution in [1.82, 2.24) is 9.38 Å². The van der Waals surface area contributed by atoms with E-state index in [-0.39, 0.29) is 12.3 Å². The van der Waals surface area contributed by atoms with E-state index >= 15 is 0 Å². The number of carbonyl (C=O) groups is 1. The number of aromatic nitrogens is 2. The molecule has 3 aromatic rings. The minimum atomic E-state index is -1.05. The average Bonchev–Trinajstić information content (AvgIpc) is 2.91. The third-order valence-electron chi connectivity index (χ3n) is 3.50. The maximum Gasteiger partial charge on any atom is 0.356 e. The van der Waals surface area contributed by atoms with Crippen LogP contribution in [0.2, 0.25) is 0 Å². The first-order valence-electron chi connectivity index (χ1n) is 7.06. The predicted octanol–water partition coefficient (Wildman–Crippen LogP) is 2.93. The van der Waals surface area contributed by atoms with Crippen LogP contribution in [0.15, 0.2) is 42.6 Å². The molecule has 6 nitrogen and oxygen atoms in total. The van der Waals surface area contributed by atoms with Gasteiger partial charge in [0, 0.05) is 6.20 Å². The highest BCUT2D eigenvalue weighted by molar-refractivity contribution is 5.93. The second-order valence-corrected chi connectivity index (χ2v) is 5.11. The number of aryl methyl sites for hydroxylation is 1. The minimum Gasteiger partial charge on any atom is -0.497 e. The van der Waals surface area contributed by atoms with Crippen molar-refractivity contribution in [2.45, 2.75) is 13.5 Å². The van der Waals surface area contributed by atoms with E-state index in [1.807, 2.05) is 13.0 Å². The van der Waals surface area contributed by atoms with Crippen molar-refractivity contribution in [1.29, 1.82) is 0 Å². The molecule has 0 unspecified atom stereocenters. The van der Waals surface area contributed by atoms with Crippen LogP contribution >= 0.6 is 0 Å². The highest BCUT2D eigenvalue weighted by Gasteiger charge is 2.17. The first-order chi connectivity index (χ1) is 11.1. The van der Waals surface area contributed by atoms with Gasteiger partial charge in [-0.3, -0.25) is 4.40 Å². The van der Waals surface area contributed by atoms with Gasteiger partial charge < -0.3 is 14.6 Å². The molecule has 0 fully saturated rings. The summed E-state index contributed by atoms with van der Waals surface area (Å²) < 4.78 is 12.5. The third kappa shape index (κ3) is 2.96. The van der Waals surface area contributed by atoms with Crippen LogP contribution in [-0.4, -0.2) is 27.6 Å². The van der Waals surface area contributed by atoms with Crippen LogP contribution in [0.1, 0.15) is 21.9 Å². The summed E-state index contributed by atoms with van der Waals surface area (Å²) in [5.41, 5.74) is 1.57. The normalized spacial score (nSPS) is 10.7. The molecule has 0 radical (unpaired) electrons. The fourth-order valence-corrected chi connectivity index (χ4v) is 2.33. The summed E-state index contributed by atoms with van der Waals surface area (Å²) in [6.45, 7) is 2.08. The number of hydrogen-bond acceptors (Lipinski definition) is 4. The molecule has 1 aromatic carbocycles. The number of nitrogens with zero attached hydrogens (tertiary/aromatic N) is 2. The second kappa shape index (κ2) is 6.00. The molecule has 0 aliphatic rings. The number of ether oxygens (including phenoxy) is 2. The number of rotatable bonds is 5. The zero-order valence-electron chi connectivity index (χ0n) is 12.8. The molecule has 0 aliphatic heterocycles. The highest BCUT2D eigenvalue weighted by Crippen LogP contribution is 2.20. The van der Waals surface area contributed by atoms with Crippen LogP contribution in [-0.2, 0) is 6.61 Å². The molecule has 0 aliphatic carbocycles. The summed E-state index contributed by atoms with van der Waals surface area (Å²) in [5, 5.41) is 9.30. The van der Waals surface area contributed by atoms with Crippen LogP contribution in [0.3, 0.4) is 0 Å². The molecule has 6 heteroatoms. The van der Waals surface area contributed by atoms with Crippen molar-refractivity contribution in [3.05, 3.63) is 59.7 Å². The van der Waals surface area contributed by atoms with Gasteiger partial charge in [-0.2, -0.15) is 0 Å². The lowest BCUT2D eigenvalue weighted by Crippen LogP contribution is -2.01. The first kappa shape index (κ1) is 14.9. The van der Waals surface area contributed by atoms with Crippen molar-refractivity contribution in [2.75, 3.05) is 7.11 Å². The van der Waals surface area contributed by atoms with Gasteiger partial charge in [-0.25, -0.2) is 9.78 Å². The quantitative estimate of drug-likeness (QED) is 0.784. The Morgan fingerprint density at radius 1 is 1.22 bits per heavy atom. The van der Waals surface area contributed by atoms with Gasteiger partial charge in [0.05, 0.1) is 12.6 Å². The monoisotopic (exact) mass is 312 g/mol. The maximum absolute atomic E-state index is 11.4. The standard InChI is InChI=1S/C17H16N2O4/c1-11-7-8-19-14(9-11)16(17(20)21)18-15(19)10-23-13-5-3-12(22-2)4-6-13/h3-9H,10H2,1-2H3,(H,20,21). The Labute approximate surface area is 132 Å². The van der Waals surface area contributed by atoms with E-state index < -0.39 is 5.97 Å². The summed E-state index contributed by atoms with van der Waals surface area (Å²) >= 11 is 0. The van der Waals surface area contributed by atoms with Crippen molar-refractivity contribution in [3.8, 4) is 11.5 Å². The van der Waals surface area contributed by atoms with Gasteiger partial charge in [0.2, 0.25) is 0 Å². The lowest BCUT2D eigenvalue weighted by Gasteiger charge is -2.06. The molecule has 2 heterocycles. The van der Waals surface area contributed by atoms with Crippen LogP contribution in [0.4, 0.5) is 0 Å². The number of benzene rings is 1. The molecule has 1 N–H and O–H groups in total.